The van der Waals surface area contributed by atoms with Crippen molar-refractivity contribution < 1.29 is 4.79 Å². The molecule has 4 nitrogen and oxygen atoms in total. The maximum Gasteiger partial charge on any atom is 0.161 e. The van der Waals surface area contributed by atoms with Crippen LogP contribution in [0.2, 0.25) is 0 Å². The predicted molar refractivity (Wildman–Crippen MR) is 123 cm³/mol. The number of Topliss-reactive ketones (excluding diaryl/α,β-unsaturated/α-hetero) is 1. The van der Waals surface area contributed by atoms with Crippen molar-refractivity contribution in [2.45, 2.75) is 38.5 Å². The molecule has 0 fully saturated rings. The third-order valence-corrected chi connectivity index (χ3v) is 8.37. The van der Waals surface area contributed by atoms with Crippen LogP contribution in [0.3, 0.4) is 0 Å². The van der Waals surface area contributed by atoms with Gasteiger partial charge in [0.05, 0.1) is 23.2 Å². The Morgan fingerprint density at radius 3 is 2.69 bits per heavy atom. The van der Waals surface area contributed by atoms with E-state index >= 15 is 0 Å². The van der Waals surface area contributed by atoms with Crippen molar-refractivity contribution in [3.63, 3.8) is 0 Å². The first-order chi connectivity index (χ1) is 14.0. The molecule has 1 unspecified atom stereocenters. The summed E-state index contributed by atoms with van der Waals surface area (Å²) >= 11 is 8.87. The van der Waals surface area contributed by atoms with Crippen LogP contribution in [-0.4, -0.2) is 5.78 Å². The number of benzene rings is 1. The Morgan fingerprint density at radius 1 is 1.28 bits per heavy atom. The molecule has 0 amide bonds. The third-order valence-electron chi connectivity index (χ3n) is 5.39. The van der Waals surface area contributed by atoms with Gasteiger partial charge in [-0.1, -0.05) is 19.1 Å². The van der Waals surface area contributed by atoms with Gasteiger partial charge in [-0.15, -0.1) is 11.3 Å². The molecular weight excluding hydrogens is 514 g/mol. The number of anilines is 1. The molecule has 1 aromatic carbocycles. The number of thiophene rings is 1. The zero-order valence-corrected chi connectivity index (χ0v) is 19.8. The van der Waals surface area contributed by atoms with Crippen molar-refractivity contribution in [3.8, 4) is 6.07 Å². The van der Waals surface area contributed by atoms with Crippen LogP contribution in [-0.2, 0) is 11.2 Å². The first-order valence-corrected chi connectivity index (χ1v) is 11.9. The lowest BCUT2D eigenvalue weighted by Crippen LogP contribution is -2.38. The lowest BCUT2D eigenvalue weighted by molar-refractivity contribution is -0.116. The monoisotopic (exact) mass is 531 g/mol. The average molecular weight is 533 g/mol. The summed E-state index contributed by atoms with van der Waals surface area (Å²) in [7, 11) is 0. The number of ketones is 1. The van der Waals surface area contributed by atoms with Crippen molar-refractivity contribution in [2.24, 2.45) is 5.73 Å². The molecule has 7 heteroatoms. The smallest absolute Gasteiger partial charge is 0.161 e. The van der Waals surface area contributed by atoms with Gasteiger partial charge in [-0.25, -0.2) is 0 Å². The van der Waals surface area contributed by atoms with Gasteiger partial charge in [0.1, 0.15) is 5.82 Å². The minimum absolute atomic E-state index is 0.108. The van der Waals surface area contributed by atoms with Crippen LogP contribution in [0.4, 0.5) is 5.69 Å². The highest BCUT2D eigenvalue weighted by molar-refractivity contribution is 9.11. The summed E-state index contributed by atoms with van der Waals surface area (Å²) in [4.78, 5) is 17.2. The summed E-state index contributed by atoms with van der Waals surface area (Å²) in [6, 6.07) is 12.1. The van der Waals surface area contributed by atoms with Crippen LogP contribution < -0.4 is 10.6 Å². The van der Waals surface area contributed by atoms with Gasteiger partial charge in [0.2, 0.25) is 0 Å². The van der Waals surface area contributed by atoms with Crippen LogP contribution in [0, 0.1) is 11.3 Å². The summed E-state index contributed by atoms with van der Waals surface area (Å²) in [5.74, 6) is 0.111. The van der Waals surface area contributed by atoms with E-state index in [2.05, 4.69) is 44.9 Å². The van der Waals surface area contributed by atoms with Gasteiger partial charge in [-0.3, -0.25) is 9.69 Å². The fourth-order valence-electron chi connectivity index (χ4n) is 4.09. The van der Waals surface area contributed by atoms with Crippen molar-refractivity contribution >= 4 is 54.7 Å². The van der Waals surface area contributed by atoms with Crippen LogP contribution >= 0.6 is 43.2 Å². The van der Waals surface area contributed by atoms with Crippen LogP contribution in [0.15, 0.2) is 61.9 Å². The fourth-order valence-corrected chi connectivity index (χ4v) is 6.59. The van der Waals surface area contributed by atoms with E-state index in [-0.39, 0.29) is 5.78 Å². The molecule has 0 radical (unpaired) electrons. The number of halogens is 2. The second-order valence-electron chi connectivity index (χ2n) is 7.04. The highest BCUT2D eigenvalue weighted by Gasteiger charge is 2.41. The van der Waals surface area contributed by atoms with Crippen molar-refractivity contribution in [3.05, 3.63) is 71.7 Å². The number of nitrogens with zero attached hydrogens (tertiary/aromatic N) is 2. The van der Waals surface area contributed by atoms with E-state index in [0.29, 0.717) is 23.4 Å². The predicted octanol–water partition coefficient (Wildman–Crippen LogP) is 6.14. The molecule has 29 heavy (non-hydrogen) atoms. The number of nitrogens with two attached hydrogens (primary N) is 1. The summed E-state index contributed by atoms with van der Waals surface area (Å²) in [5.41, 5.74) is 9.52. The minimum atomic E-state index is -0.400. The number of hydrogen-bond acceptors (Lipinski definition) is 5. The molecule has 1 aliphatic heterocycles. The van der Waals surface area contributed by atoms with Gasteiger partial charge in [-0.2, -0.15) is 5.26 Å². The molecule has 148 valence electrons. The van der Waals surface area contributed by atoms with Gasteiger partial charge in [0, 0.05) is 36.4 Å². The molecule has 1 atom stereocenters. The molecule has 4 rings (SSSR count). The van der Waals surface area contributed by atoms with Crippen molar-refractivity contribution in [1.29, 1.82) is 5.26 Å². The second kappa shape index (κ2) is 8.10. The molecule has 1 aromatic heterocycles. The van der Waals surface area contributed by atoms with Crippen molar-refractivity contribution in [1.82, 2.24) is 0 Å². The maximum absolute atomic E-state index is 13.1. The largest absolute Gasteiger partial charge is 0.384 e. The summed E-state index contributed by atoms with van der Waals surface area (Å²) in [5, 5.41) is 10.1. The molecule has 0 saturated carbocycles. The first-order valence-electron chi connectivity index (χ1n) is 9.46. The van der Waals surface area contributed by atoms with E-state index < -0.39 is 5.92 Å². The Hall–Kier alpha value is -1.88. The van der Waals surface area contributed by atoms with Gasteiger partial charge in [-0.05, 0) is 69.3 Å². The van der Waals surface area contributed by atoms with Gasteiger partial charge in [0.15, 0.2) is 5.78 Å². The fraction of sp³-hybridized carbons (Fsp3) is 0.273. The molecule has 2 aromatic rings. The van der Waals surface area contributed by atoms with Crippen LogP contribution in [0.25, 0.3) is 0 Å². The third kappa shape index (κ3) is 3.37. The van der Waals surface area contributed by atoms with E-state index in [1.807, 2.05) is 35.2 Å². The molecule has 2 aliphatic rings. The number of hydrogen-bond donors (Lipinski definition) is 1. The normalized spacial score (nSPS) is 19.4. The Labute approximate surface area is 191 Å². The number of carbonyl (C=O) groups is 1. The van der Waals surface area contributed by atoms with Crippen LogP contribution in [0.5, 0.6) is 0 Å². The highest BCUT2D eigenvalue weighted by Crippen LogP contribution is 2.49. The Balaban J connectivity index is 1.98. The van der Waals surface area contributed by atoms with E-state index in [1.54, 1.807) is 11.3 Å². The van der Waals surface area contributed by atoms with Crippen molar-refractivity contribution in [2.75, 3.05) is 4.90 Å². The maximum atomic E-state index is 13.1. The molecule has 2 N–H and O–H groups in total. The Bertz CT molecular complexity index is 1110. The van der Waals surface area contributed by atoms with Gasteiger partial charge < -0.3 is 5.73 Å². The summed E-state index contributed by atoms with van der Waals surface area (Å²) in [6.07, 6.45) is 2.94. The van der Waals surface area contributed by atoms with E-state index in [4.69, 9.17) is 5.73 Å². The number of carbonyl (C=O) groups excluding carboxylic acids is 1. The van der Waals surface area contributed by atoms with Gasteiger partial charge in [0.25, 0.3) is 0 Å². The Kier molecular flexibility index (Phi) is 5.69. The molecule has 0 spiro atoms. The quantitative estimate of drug-likeness (QED) is 0.515. The SMILES string of the molecule is CCc1sc(C2C(C#N)=C(N)N(c3ccccc3Br)C3=C2C(=O)CCC3)cc1Br. The Morgan fingerprint density at radius 2 is 2.03 bits per heavy atom. The molecule has 0 bridgehead atoms. The highest BCUT2D eigenvalue weighted by atomic mass is 79.9. The van der Waals surface area contributed by atoms with E-state index in [0.717, 1.165) is 44.5 Å². The number of aryl methyl sites for hydroxylation is 1. The number of para-hydroxylation sites is 1. The minimum Gasteiger partial charge on any atom is -0.384 e. The first kappa shape index (κ1) is 20.4. The zero-order valence-electron chi connectivity index (χ0n) is 15.8. The zero-order chi connectivity index (χ0) is 20.7. The lowest BCUT2D eigenvalue weighted by Gasteiger charge is -2.39. The summed E-state index contributed by atoms with van der Waals surface area (Å²) < 4.78 is 1.89. The standard InChI is InChI=1S/C22H19Br2N3OS/c1-2-18-14(24)10-19(29-18)20-12(11-25)22(26)27(15-7-4-3-6-13(15)23)16-8-5-9-17(28)21(16)20/h3-4,6-7,10,20H,2,5,8-9,26H2,1H3. The van der Waals surface area contributed by atoms with Crippen LogP contribution in [0.1, 0.15) is 41.9 Å². The number of nitriles is 1. The van der Waals surface area contributed by atoms with E-state index in [9.17, 15) is 10.1 Å². The van der Waals surface area contributed by atoms with Gasteiger partial charge >= 0.3 is 0 Å². The topological polar surface area (TPSA) is 70.1 Å². The summed E-state index contributed by atoms with van der Waals surface area (Å²) in [6.45, 7) is 2.10. The molecule has 2 heterocycles. The molecule has 0 saturated heterocycles. The lowest BCUT2D eigenvalue weighted by atomic mass is 9.78. The number of allylic oxidation sites excluding steroid dienone is 3. The van der Waals surface area contributed by atoms with E-state index in [1.165, 1.54) is 4.88 Å². The molecular formula is C22H19Br2N3OS. The molecule has 1 aliphatic carbocycles. The number of rotatable bonds is 3. The average Bonchev–Trinajstić information content (AvgIpc) is 3.08. The second-order valence-corrected chi connectivity index (χ2v) is 9.92.